The highest BCUT2D eigenvalue weighted by molar-refractivity contribution is 5.33. The second-order valence-corrected chi connectivity index (χ2v) is 6.09. The summed E-state index contributed by atoms with van der Waals surface area (Å²) < 4.78 is 17.0. The van der Waals surface area contributed by atoms with Crippen LogP contribution in [0.1, 0.15) is 24.8 Å². The number of hydrogen-bond donors (Lipinski definition) is 0. The predicted octanol–water partition coefficient (Wildman–Crippen LogP) is 2.51. The molecule has 2 saturated heterocycles. The molecule has 0 aliphatic carbocycles. The molecule has 22 heavy (non-hydrogen) atoms. The molecule has 0 N–H and O–H groups in total. The largest absolute Gasteiger partial charge is 0.490 e. The van der Waals surface area contributed by atoms with Crippen LogP contribution in [0.25, 0.3) is 0 Å². The summed E-state index contributed by atoms with van der Waals surface area (Å²) in [5.74, 6) is 1.07. The summed E-state index contributed by atoms with van der Waals surface area (Å²) in [7, 11) is 0. The number of nitrogens with zero attached hydrogens (tertiary/aromatic N) is 1. The minimum absolute atomic E-state index is 0.314. The van der Waals surface area contributed by atoms with E-state index in [4.69, 9.17) is 14.2 Å². The number of rotatable bonds is 6. The number of hydrogen-bond acceptors (Lipinski definition) is 4. The van der Waals surface area contributed by atoms with Gasteiger partial charge in [0.25, 0.3) is 0 Å². The van der Waals surface area contributed by atoms with Crippen LogP contribution < -0.4 is 4.74 Å². The van der Waals surface area contributed by atoms with Gasteiger partial charge >= 0.3 is 0 Å². The molecular weight excluding hydrogens is 278 g/mol. The Morgan fingerprint density at radius 2 is 1.73 bits per heavy atom. The fourth-order valence-corrected chi connectivity index (χ4v) is 3.12. The van der Waals surface area contributed by atoms with Crippen LogP contribution in [0.15, 0.2) is 24.3 Å². The van der Waals surface area contributed by atoms with Gasteiger partial charge in [0.15, 0.2) is 0 Å². The van der Waals surface area contributed by atoms with E-state index in [1.807, 2.05) is 0 Å². The first kappa shape index (κ1) is 15.8. The van der Waals surface area contributed by atoms with Crippen LogP contribution in [-0.2, 0) is 15.9 Å². The van der Waals surface area contributed by atoms with E-state index >= 15 is 0 Å². The zero-order chi connectivity index (χ0) is 15.0. The van der Waals surface area contributed by atoms with E-state index in [0.29, 0.717) is 6.10 Å². The molecule has 0 spiro atoms. The molecule has 122 valence electrons. The third kappa shape index (κ3) is 4.70. The maximum absolute atomic E-state index is 6.22. The van der Waals surface area contributed by atoms with Crippen LogP contribution in [0, 0.1) is 0 Å². The second-order valence-electron chi connectivity index (χ2n) is 6.09. The van der Waals surface area contributed by atoms with Crippen molar-refractivity contribution < 1.29 is 14.2 Å². The summed E-state index contributed by atoms with van der Waals surface area (Å²) in [4.78, 5) is 2.49. The molecule has 0 aromatic heterocycles. The van der Waals surface area contributed by atoms with Crippen molar-refractivity contribution in [2.45, 2.75) is 31.8 Å². The molecule has 1 aromatic rings. The Balaban J connectivity index is 1.49. The summed E-state index contributed by atoms with van der Waals surface area (Å²) in [6.07, 6.45) is 4.57. The van der Waals surface area contributed by atoms with Gasteiger partial charge in [0.1, 0.15) is 11.9 Å². The lowest BCUT2D eigenvalue weighted by Crippen LogP contribution is -2.36. The molecule has 0 radical (unpaired) electrons. The third-order valence-electron chi connectivity index (χ3n) is 4.46. The van der Waals surface area contributed by atoms with Crippen LogP contribution >= 0.6 is 0 Å². The van der Waals surface area contributed by atoms with Crippen LogP contribution in [0.3, 0.4) is 0 Å². The van der Waals surface area contributed by atoms with Gasteiger partial charge in [-0.15, -0.1) is 0 Å². The maximum atomic E-state index is 6.22. The van der Waals surface area contributed by atoms with E-state index in [1.165, 1.54) is 12.0 Å². The Labute approximate surface area is 133 Å². The van der Waals surface area contributed by atoms with Gasteiger partial charge in [-0.2, -0.15) is 0 Å². The van der Waals surface area contributed by atoms with E-state index in [0.717, 1.165) is 71.1 Å². The zero-order valence-electron chi connectivity index (χ0n) is 13.3. The average Bonchev–Trinajstić information content (AvgIpc) is 2.58. The molecule has 0 saturated carbocycles. The van der Waals surface area contributed by atoms with Gasteiger partial charge in [0.05, 0.1) is 26.4 Å². The van der Waals surface area contributed by atoms with Crippen molar-refractivity contribution in [1.82, 2.24) is 4.90 Å². The van der Waals surface area contributed by atoms with Crippen LogP contribution in [0.2, 0.25) is 0 Å². The van der Waals surface area contributed by atoms with E-state index in [-0.39, 0.29) is 0 Å². The quantitative estimate of drug-likeness (QED) is 0.808. The van der Waals surface area contributed by atoms with Gasteiger partial charge in [-0.25, -0.2) is 0 Å². The lowest BCUT2D eigenvalue weighted by Gasteiger charge is -2.27. The maximum Gasteiger partial charge on any atom is 0.122 e. The zero-order valence-corrected chi connectivity index (χ0v) is 13.3. The Morgan fingerprint density at radius 3 is 2.55 bits per heavy atom. The Morgan fingerprint density at radius 1 is 1.00 bits per heavy atom. The molecule has 2 heterocycles. The molecular formula is C18H27NO3. The molecule has 3 rings (SSSR count). The summed E-state index contributed by atoms with van der Waals surface area (Å²) in [5, 5.41) is 0. The minimum atomic E-state index is 0.314. The molecule has 2 fully saturated rings. The van der Waals surface area contributed by atoms with Crippen molar-refractivity contribution in [2.24, 2.45) is 0 Å². The number of ether oxygens (including phenoxy) is 3. The van der Waals surface area contributed by atoms with Crippen LogP contribution in [0.5, 0.6) is 5.75 Å². The summed E-state index contributed by atoms with van der Waals surface area (Å²) in [6.45, 7) is 6.69. The number of morpholine rings is 1. The van der Waals surface area contributed by atoms with Crippen LogP contribution in [0.4, 0.5) is 0 Å². The van der Waals surface area contributed by atoms with E-state index in [9.17, 15) is 0 Å². The molecule has 0 unspecified atom stereocenters. The Kier molecular flexibility index (Phi) is 6.11. The normalized spacial score (nSPS) is 20.9. The Hall–Kier alpha value is -1.10. The van der Waals surface area contributed by atoms with Crippen molar-refractivity contribution in [3.63, 3.8) is 0 Å². The Bertz CT molecular complexity index is 440. The van der Waals surface area contributed by atoms with Gasteiger partial charge in [-0.05, 0) is 31.0 Å². The van der Waals surface area contributed by atoms with Gasteiger partial charge < -0.3 is 14.2 Å². The summed E-state index contributed by atoms with van der Waals surface area (Å²) in [6, 6.07) is 8.49. The van der Waals surface area contributed by atoms with Crippen molar-refractivity contribution in [2.75, 3.05) is 46.1 Å². The van der Waals surface area contributed by atoms with Gasteiger partial charge in [-0.1, -0.05) is 18.2 Å². The monoisotopic (exact) mass is 305 g/mol. The fourth-order valence-electron chi connectivity index (χ4n) is 3.12. The molecule has 4 heteroatoms. The summed E-state index contributed by atoms with van der Waals surface area (Å²) in [5.41, 5.74) is 1.34. The standard InChI is InChI=1S/C18H27NO3/c1-2-6-18(22-17-7-12-20-13-8-17)16(4-1)5-3-9-19-10-14-21-15-11-19/h1-2,4,6,17H,3,5,7-15H2. The predicted molar refractivity (Wildman–Crippen MR) is 86.5 cm³/mol. The lowest BCUT2D eigenvalue weighted by molar-refractivity contribution is 0.0250. The van der Waals surface area contributed by atoms with Crippen molar-refractivity contribution in [1.29, 1.82) is 0 Å². The number of aryl methyl sites for hydroxylation is 1. The molecule has 4 nitrogen and oxygen atoms in total. The molecule has 0 amide bonds. The van der Waals surface area contributed by atoms with Crippen molar-refractivity contribution in [3.8, 4) is 5.75 Å². The molecule has 0 bridgehead atoms. The van der Waals surface area contributed by atoms with Crippen molar-refractivity contribution >= 4 is 0 Å². The summed E-state index contributed by atoms with van der Waals surface area (Å²) >= 11 is 0. The van der Waals surface area contributed by atoms with Gasteiger partial charge in [0, 0.05) is 25.9 Å². The van der Waals surface area contributed by atoms with E-state index in [2.05, 4.69) is 29.2 Å². The molecule has 1 aromatic carbocycles. The molecule has 0 atom stereocenters. The van der Waals surface area contributed by atoms with Crippen molar-refractivity contribution in [3.05, 3.63) is 29.8 Å². The fraction of sp³-hybridized carbons (Fsp3) is 0.667. The number of para-hydroxylation sites is 1. The molecule has 2 aliphatic rings. The van der Waals surface area contributed by atoms with E-state index < -0.39 is 0 Å². The van der Waals surface area contributed by atoms with Gasteiger partial charge in [0.2, 0.25) is 0 Å². The third-order valence-corrected chi connectivity index (χ3v) is 4.46. The highest BCUT2D eigenvalue weighted by atomic mass is 16.5. The lowest BCUT2D eigenvalue weighted by atomic mass is 10.1. The van der Waals surface area contributed by atoms with Gasteiger partial charge in [-0.3, -0.25) is 4.90 Å². The average molecular weight is 305 g/mol. The molecule has 2 aliphatic heterocycles. The number of benzene rings is 1. The second kappa shape index (κ2) is 8.51. The highest BCUT2D eigenvalue weighted by Crippen LogP contribution is 2.23. The topological polar surface area (TPSA) is 30.9 Å². The smallest absolute Gasteiger partial charge is 0.122 e. The first-order chi connectivity index (χ1) is 10.9. The SMILES string of the molecule is c1ccc(OC2CCOCC2)c(CCCN2CCOCC2)c1. The first-order valence-corrected chi connectivity index (χ1v) is 8.54. The first-order valence-electron chi connectivity index (χ1n) is 8.54. The van der Waals surface area contributed by atoms with Crippen LogP contribution in [-0.4, -0.2) is 57.1 Å². The van der Waals surface area contributed by atoms with E-state index in [1.54, 1.807) is 0 Å². The minimum Gasteiger partial charge on any atom is -0.490 e. The highest BCUT2D eigenvalue weighted by Gasteiger charge is 2.17.